The van der Waals surface area contributed by atoms with E-state index in [4.69, 9.17) is 11.6 Å². The Bertz CT molecular complexity index is 1090. The summed E-state index contributed by atoms with van der Waals surface area (Å²) in [5.74, 6) is 1.08. The molecule has 2 heterocycles. The zero-order chi connectivity index (χ0) is 22.1. The summed E-state index contributed by atoms with van der Waals surface area (Å²) in [6.07, 6.45) is 4.15. The third-order valence-corrected chi connectivity index (χ3v) is 6.34. The molecule has 1 atom stereocenters. The predicted molar refractivity (Wildman–Crippen MR) is 116 cm³/mol. The van der Waals surface area contributed by atoms with Crippen molar-refractivity contribution in [3.63, 3.8) is 0 Å². The number of anilines is 1. The van der Waals surface area contributed by atoms with Gasteiger partial charge in [0.05, 0.1) is 27.1 Å². The topological polar surface area (TPSA) is 70.7 Å². The van der Waals surface area contributed by atoms with Crippen LogP contribution in [-0.2, 0) is 17.4 Å². The van der Waals surface area contributed by atoms with Gasteiger partial charge in [-0.3, -0.25) is 9.71 Å². The molecule has 1 aromatic carbocycles. The van der Waals surface area contributed by atoms with E-state index in [0.29, 0.717) is 23.0 Å². The second-order valence-corrected chi connectivity index (χ2v) is 9.26. The summed E-state index contributed by atoms with van der Waals surface area (Å²) in [6, 6.07) is 6.68. The molecule has 0 fully saturated rings. The number of hydrogen-bond acceptors (Lipinski definition) is 3. The lowest BCUT2D eigenvalue weighted by Gasteiger charge is -2.13. The van der Waals surface area contributed by atoms with E-state index in [1.807, 2.05) is 16.9 Å². The smallest absolute Gasteiger partial charge is 0.338 e. The van der Waals surface area contributed by atoms with Crippen molar-refractivity contribution in [1.82, 2.24) is 15.0 Å². The highest BCUT2D eigenvalue weighted by atomic mass is 79.9. The molecule has 30 heavy (non-hydrogen) atoms. The number of H-pyrrole nitrogens is 1. The number of nitrogens with one attached hydrogen (secondary N) is 2. The molecule has 160 valence electrons. The average molecular weight is 522 g/mol. The van der Waals surface area contributed by atoms with E-state index in [0.717, 1.165) is 17.7 Å². The molecule has 3 aromatic rings. The molecular weight excluding hydrogens is 505 g/mol. The van der Waals surface area contributed by atoms with Crippen molar-refractivity contribution in [3.8, 4) is 22.6 Å². The van der Waals surface area contributed by atoms with Gasteiger partial charge in [-0.1, -0.05) is 25.4 Å². The van der Waals surface area contributed by atoms with Crippen LogP contribution in [0.3, 0.4) is 0 Å². The molecule has 0 saturated carbocycles. The highest BCUT2D eigenvalue weighted by Gasteiger charge is 2.37. The van der Waals surface area contributed by atoms with Gasteiger partial charge in [-0.15, -0.1) is 0 Å². The van der Waals surface area contributed by atoms with E-state index in [9.17, 15) is 17.4 Å². The minimum Gasteiger partial charge on any atom is -0.338 e. The van der Waals surface area contributed by atoms with Gasteiger partial charge in [0.2, 0.25) is 11.0 Å². The van der Waals surface area contributed by atoms with Crippen molar-refractivity contribution in [1.29, 1.82) is 0 Å². The molecule has 0 aliphatic rings. The number of aromatic amines is 1. The Hall–Kier alpha value is -1.91. The van der Waals surface area contributed by atoms with Crippen LogP contribution in [0.2, 0.25) is 5.02 Å². The number of pyridine rings is 1. The average Bonchev–Trinajstić information content (AvgIpc) is 3.14. The number of imidazole rings is 1. The second-order valence-electron chi connectivity index (χ2n) is 6.88. The van der Waals surface area contributed by atoms with E-state index in [1.165, 1.54) is 12.1 Å². The van der Waals surface area contributed by atoms with Crippen molar-refractivity contribution in [2.24, 2.45) is 5.92 Å². The van der Waals surface area contributed by atoms with Crippen LogP contribution in [0.1, 0.15) is 19.5 Å². The number of rotatable bonds is 6. The van der Waals surface area contributed by atoms with Gasteiger partial charge < -0.3 is 4.98 Å². The summed E-state index contributed by atoms with van der Waals surface area (Å²) in [6.45, 7) is 4.23. The largest absolute Gasteiger partial charge is 0.490 e. The molecule has 0 saturated heterocycles. The minimum atomic E-state index is -4.89. The van der Waals surface area contributed by atoms with Gasteiger partial charge in [0, 0.05) is 23.0 Å². The van der Waals surface area contributed by atoms with Gasteiger partial charge in [-0.25, -0.2) is 9.19 Å². The number of hydrogen-bond donors (Lipinski definition) is 2. The van der Waals surface area contributed by atoms with Gasteiger partial charge in [-0.2, -0.15) is 13.2 Å². The van der Waals surface area contributed by atoms with Gasteiger partial charge in [0.1, 0.15) is 5.82 Å². The van der Waals surface area contributed by atoms with Crippen molar-refractivity contribution >= 4 is 44.2 Å². The first kappa shape index (κ1) is 22.8. The lowest BCUT2D eigenvalue weighted by molar-refractivity contribution is -0.0379. The first-order valence-electron chi connectivity index (χ1n) is 8.80. The fourth-order valence-electron chi connectivity index (χ4n) is 2.75. The molecule has 0 spiro atoms. The Balaban J connectivity index is 1.89. The zero-order valence-electron chi connectivity index (χ0n) is 15.8. The van der Waals surface area contributed by atoms with Crippen molar-refractivity contribution in [3.05, 3.63) is 51.8 Å². The molecule has 3 rings (SSSR count). The molecule has 0 amide bonds. The lowest BCUT2D eigenvalue weighted by atomic mass is 10.1. The molecule has 2 N–H and O–H groups in total. The van der Waals surface area contributed by atoms with E-state index >= 15 is 0 Å². The molecule has 2 aromatic heterocycles. The minimum absolute atomic E-state index is 0.0355. The molecule has 1 unspecified atom stereocenters. The van der Waals surface area contributed by atoms with Crippen LogP contribution >= 0.6 is 27.5 Å². The Morgan fingerprint density at radius 3 is 2.67 bits per heavy atom. The van der Waals surface area contributed by atoms with Crippen LogP contribution in [0, 0.1) is 5.92 Å². The van der Waals surface area contributed by atoms with Crippen LogP contribution in [0.25, 0.3) is 22.6 Å². The molecule has 0 aliphatic heterocycles. The summed E-state index contributed by atoms with van der Waals surface area (Å²) < 4.78 is 51.0. The summed E-state index contributed by atoms with van der Waals surface area (Å²) in [4.78, 5) is 11.9. The molecule has 0 radical (unpaired) electrons. The van der Waals surface area contributed by atoms with Crippen LogP contribution in [0.15, 0.2) is 41.1 Å². The Labute approximate surface area is 187 Å². The SMILES string of the molecule is CC(C)Cc1cc(-c2ncc(-c3ccc(NS(=O)C(F)(F)F)c(Br)c3Cl)[nH]2)ccn1. The number of halogens is 5. The maximum absolute atomic E-state index is 12.5. The normalized spacial score (nSPS) is 12.9. The Kier molecular flexibility index (Phi) is 6.88. The van der Waals surface area contributed by atoms with Crippen molar-refractivity contribution in [2.75, 3.05) is 4.72 Å². The fraction of sp³-hybridized carbons (Fsp3) is 0.263. The summed E-state index contributed by atoms with van der Waals surface area (Å²) in [5, 5.41) is 0.157. The lowest BCUT2D eigenvalue weighted by Crippen LogP contribution is -2.23. The number of nitrogens with zero attached hydrogens (tertiary/aromatic N) is 2. The van der Waals surface area contributed by atoms with Crippen molar-refractivity contribution < 1.29 is 17.4 Å². The van der Waals surface area contributed by atoms with E-state index in [2.05, 4.69) is 44.7 Å². The highest BCUT2D eigenvalue weighted by Crippen LogP contribution is 2.39. The maximum Gasteiger partial charge on any atom is 0.490 e. The summed E-state index contributed by atoms with van der Waals surface area (Å²) >= 11 is 9.51. The van der Waals surface area contributed by atoms with Gasteiger partial charge in [0.15, 0.2) is 0 Å². The molecule has 5 nitrogen and oxygen atoms in total. The third kappa shape index (κ3) is 5.22. The van der Waals surface area contributed by atoms with Crippen LogP contribution < -0.4 is 4.72 Å². The Morgan fingerprint density at radius 2 is 2.00 bits per heavy atom. The standard InChI is InChI=1S/C19H17BrClF3N4OS/c1-10(2)7-12-8-11(5-6-25-12)18-26-9-15(27-18)13-3-4-14(16(20)17(13)21)28-30(29)19(22,23)24/h3-6,8-10,28H,7H2,1-2H3,(H,26,27). The summed E-state index contributed by atoms with van der Waals surface area (Å²) in [7, 11) is -3.25. The first-order valence-corrected chi connectivity index (χ1v) is 11.1. The second kappa shape index (κ2) is 9.07. The number of benzene rings is 1. The Morgan fingerprint density at radius 1 is 1.27 bits per heavy atom. The molecule has 0 aliphatic carbocycles. The van der Waals surface area contributed by atoms with Gasteiger partial charge in [-0.05, 0) is 52.5 Å². The molecule has 0 bridgehead atoms. The quantitative estimate of drug-likeness (QED) is 0.397. The van der Waals surface area contributed by atoms with Gasteiger partial charge >= 0.3 is 5.51 Å². The van der Waals surface area contributed by atoms with Crippen LogP contribution in [0.5, 0.6) is 0 Å². The van der Waals surface area contributed by atoms with Crippen LogP contribution in [-0.4, -0.2) is 24.7 Å². The van der Waals surface area contributed by atoms with E-state index < -0.39 is 16.5 Å². The zero-order valence-corrected chi connectivity index (χ0v) is 19.0. The molecular formula is C19H17BrClF3N4OS. The van der Waals surface area contributed by atoms with Crippen molar-refractivity contribution in [2.45, 2.75) is 25.8 Å². The monoisotopic (exact) mass is 520 g/mol. The third-order valence-electron chi connectivity index (χ3n) is 4.07. The maximum atomic E-state index is 12.5. The first-order chi connectivity index (χ1) is 14.1. The van der Waals surface area contributed by atoms with E-state index in [1.54, 1.807) is 12.4 Å². The highest BCUT2D eigenvalue weighted by molar-refractivity contribution is 9.10. The van der Waals surface area contributed by atoms with Gasteiger partial charge in [0.25, 0.3) is 0 Å². The molecule has 11 heteroatoms. The predicted octanol–water partition coefficient (Wildman–Crippen LogP) is 6.35. The fourth-order valence-corrected chi connectivity index (χ4v) is 4.08. The summed E-state index contributed by atoms with van der Waals surface area (Å²) in [5.41, 5.74) is -1.99. The van der Waals surface area contributed by atoms with E-state index in [-0.39, 0.29) is 15.2 Å². The number of aromatic nitrogens is 3. The van der Waals surface area contributed by atoms with Crippen LogP contribution in [0.4, 0.5) is 18.9 Å². The number of alkyl halides is 3.